The van der Waals surface area contributed by atoms with E-state index in [4.69, 9.17) is 45.6 Å². The number of aliphatic hydroxyl groups excluding tert-OH is 2. The van der Waals surface area contributed by atoms with Crippen LogP contribution < -0.4 is 0 Å². The van der Waals surface area contributed by atoms with Crippen LogP contribution in [0.4, 0.5) is 0 Å². The van der Waals surface area contributed by atoms with Gasteiger partial charge < -0.3 is 25.4 Å². The lowest BCUT2D eigenvalue weighted by atomic mass is 10.1. The Morgan fingerprint density at radius 3 is 1.67 bits per heavy atom. The van der Waals surface area contributed by atoms with Crippen LogP contribution in [0.25, 0.3) is 0 Å². The van der Waals surface area contributed by atoms with Crippen LogP contribution in [0.2, 0.25) is 0 Å². The smallest absolute Gasteiger partial charge is 0.291 e. The molecule has 24 heavy (non-hydrogen) atoms. The van der Waals surface area contributed by atoms with Crippen molar-refractivity contribution in [3.05, 3.63) is 20.2 Å². The van der Waals surface area contributed by atoms with E-state index in [0.717, 1.165) is 6.42 Å². The molecular weight excluding hydrogens is 328 g/mol. The molecular formula is C13H30N2O9. The van der Waals surface area contributed by atoms with E-state index in [1.165, 1.54) is 44.9 Å². The standard InChI is InChI=1S/C13H28O3.2HNO3/c1-2-3-4-5-6-7-8-9-10-16-12-13(15)11-14;2*2-1(3)4/h13-15H,2-12H2,1H3;2*(H,2,3,4). The van der Waals surface area contributed by atoms with Crippen molar-refractivity contribution in [2.75, 3.05) is 19.8 Å². The predicted octanol–water partition coefficient (Wildman–Crippen LogP) is 1.80. The maximum absolute atomic E-state index is 9.01. The van der Waals surface area contributed by atoms with Gasteiger partial charge in [-0.1, -0.05) is 51.9 Å². The predicted molar refractivity (Wildman–Crippen MR) is 84.1 cm³/mol. The Bertz CT molecular complexity index is 260. The Labute approximate surface area is 141 Å². The fourth-order valence-electron chi connectivity index (χ4n) is 1.61. The number of hydrogen-bond acceptors (Lipinski definition) is 7. The third-order valence-corrected chi connectivity index (χ3v) is 2.66. The van der Waals surface area contributed by atoms with Crippen LogP contribution in [0.15, 0.2) is 0 Å². The molecule has 0 aromatic heterocycles. The fraction of sp³-hybridized carbons (Fsp3) is 1.00. The molecule has 0 aliphatic rings. The summed E-state index contributed by atoms with van der Waals surface area (Å²) in [4.78, 5) is 16.7. The highest BCUT2D eigenvalue weighted by Crippen LogP contribution is 2.08. The zero-order valence-corrected chi connectivity index (χ0v) is 14.1. The van der Waals surface area contributed by atoms with Crippen LogP contribution in [0, 0.1) is 20.2 Å². The molecule has 1 unspecified atom stereocenters. The van der Waals surface area contributed by atoms with Crippen molar-refractivity contribution in [2.45, 2.75) is 64.4 Å². The molecule has 0 aliphatic carbocycles. The van der Waals surface area contributed by atoms with Gasteiger partial charge in [-0.15, -0.1) is 20.2 Å². The first-order chi connectivity index (χ1) is 11.3. The summed E-state index contributed by atoms with van der Waals surface area (Å²) in [5.41, 5.74) is 0. The molecule has 4 N–H and O–H groups in total. The van der Waals surface area contributed by atoms with Gasteiger partial charge in [-0.25, -0.2) is 0 Å². The highest BCUT2D eigenvalue weighted by atomic mass is 16.9. The Kier molecular flexibility index (Phi) is 26.6. The second-order valence-corrected chi connectivity index (χ2v) is 4.86. The average molecular weight is 358 g/mol. The molecule has 146 valence electrons. The zero-order chi connectivity index (χ0) is 19.2. The van der Waals surface area contributed by atoms with E-state index in [2.05, 4.69) is 6.92 Å². The first-order valence-electron chi connectivity index (χ1n) is 7.81. The van der Waals surface area contributed by atoms with E-state index in [9.17, 15) is 0 Å². The lowest BCUT2D eigenvalue weighted by Gasteiger charge is -2.07. The Hall–Kier alpha value is -1.72. The summed E-state index contributed by atoms with van der Waals surface area (Å²) in [6.07, 6.45) is 9.58. The number of hydrogen-bond donors (Lipinski definition) is 4. The van der Waals surface area contributed by atoms with Crippen LogP contribution in [-0.4, -0.2) is 56.7 Å². The average Bonchev–Trinajstić information content (AvgIpc) is 2.47. The molecule has 1 atom stereocenters. The monoisotopic (exact) mass is 358 g/mol. The second-order valence-electron chi connectivity index (χ2n) is 4.86. The lowest BCUT2D eigenvalue weighted by Crippen LogP contribution is -2.19. The maximum atomic E-state index is 9.01. The van der Waals surface area contributed by atoms with Gasteiger partial charge in [-0.2, -0.15) is 0 Å². The third-order valence-electron chi connectivity index (χ3n) is 2.66. The van der Waals surface area contributed by atoms with Gasteiger partial charge in [0.15, 0.2) is 0 Å². The van der Waals surface area contributed by atoms with Gasteiger partial charge in [-0.05, 0) is 6.42 Å². The van der Waals surface area contributed by atoms with E-state index < -0.39 is 16.3 Å². The minimum Gasteiger partial charge on any atom is -0.394 e. The third kappa shape index (κ3) is 50.0. The molecule has 0 amide bonds. The SMILES string of the molecule is CCCCCCCCCCOCC(O)CO.O=[N+]([O-])O.O=[N+]([O-])O. The maximum Gasteiger partial charge on any atom is 0.291 e. The molecule has 0 rings (SSSR count). The minimum absolute atomic E-state index is 0.211. The van der Waals surface area contributed by atoms with Crippen molar-refractivity contribution >= 4 is 0 Å². The van der Waals surface area contributed by atoms with Gasteiger partial charge in [0.05, 0.1) is 13.2 Å². The molecule has 0 fully saturated rings. The van der Waals surface area contributed by atoms with Crippen molar-refractivity contribution in [1.82, 2.24) is 0 Å². The van der Waals surface area contributed by atoms with Crippen molar-refractivity contribution in [2.24, 2.45) is 0 Å². The topological polar surface area (TPSA) is 176 Å². The highest BCUT2D eigenvalue weighted by molar-refractivity contribution is 4.49. The highest BCUT2D eigenvalue weighted by Gasteiger charge is 2.00. The molecule has 0 saturated heterocycles. The van der Waals surface area contributed by atoms with Crippen molar-refractivity contribution in [1.29, 1.82) is 0 Å². The molecule has 0 radical (unpaired) electrons. The molecule has 0 spiro atoms. The van der Waals surface area contributed by atoms with Gasteiger partial charge in [0.2, 0.25) is 0 Å². The molecule has 0 aliphatic heterocycles. The lowest BCUT2D eigenvalue weighted by molar-refractivity contribution is -0.742. The van der Waals surface area contributed by atoms with Gasteiger partial charge in [0.25, 0.3) is 10.2 Å². The van der Waals surface area contributed by atoms with E-state index in [0.29, 0.717) is 6.61 Å². The summed E-state index contributed by atoms with van der Waals surface area (Å²) in [5.74, 6) is 0. The van der Waals surface area contributed by atoms with E-state index in [1.807, 2.05) is 0 Å². The normalized spacial score (nSPS) is 10.6. The van der Waals surface area contributed by atoms with Crippen molar-refractivity contribution < 1.29 is 35.5 Å². The van der Waals surface area contributed by atoms with E-state index in [1.54, 1.807) is 0 Å². The van der Waals surface area contributed by atoms with E-state index >= 15 is 0 Å². The largest absolute Gasteiger partial charge is 0.394 e. The molecule has 0 aromatic rings. The Balaban J connectivity index is -0.000000457. The molecule has 11 nitrogen and oxygen atoms in total. The van der Waals surface area contributed by atoms with E-state index in [-0.39, 0.29) is 13.2 Å². The first-order valence-corrected chi connectivity index (χ1v) is 7.81. The van der Waals surface area contributed by atoms with Gasteiger partial charge in [0.1, 0.15) is 6.10 Å². The van der Waals surface area contributed by atoms with Crippen LogP contribution >= 0.6 is 0 Å². The molecule has 0 bridgehead atoms. The number of ether oxygens (including phenoxy) is 1. The van der Waals surface area contributed by atoms with Crippen LogP contribution in [-0.2, 0) is 4.74 Å². The van der Waals surface area contributed by atoms with Gasteiger partial charge in [0, 0.05) is 6.61 Å². The summed E-state index contributed by atoms with van der Waals surface area (Å²) in [5, 5.41) is 44.8. The number of aliphatic hydroxyl groups is 2. The van der Waals surface area contributed by atoms with Crippen LogP contribution in [0.5, 0.6) is 0 Å². The van der Waals surface area contributed by atoms with Crippen LogP contribution in [0.1, 0.15) is 58.3 Å². The summed E-state index contributed by atoms with van der Waals surface area (Å²) < 4.78 is 5.22. The van der Waals surface area contributed by atoms with Crippen molar-refractivity contribution in [3.63, 3.8) is 0 Å². The quantitative estimate of drug-likeness (QED) is 0.230. The van der Waals surface area contributed by atoms with Gasteiger partial charge in [-0.3, -0.25) is 0 Å². The Morgan fingerprint density at radius 1 is 0.917 bits per heavy atom. The summed E-state index contributed by atoms with van der Waals surface area (Å²) >= 11 is 0. The second kappa shape index (κ2) is 23.5. The molecule has 11 heteroatoms. The molecule has 0 saturated carbocycles. The zero-order valence-electron chi connectivity index (χ0n) is 14.1. The number of nitrogens with zero attached hydrogens (tertiary/aromatic N) is 2. The van der Waals surface area contributed by atoms with Gasteiger partial charge >= 0.3 is 0 Å². The first kappa shape index (κ1) is 27.1. The molecule has 0 heterocycles. The fourth-order valence-corrected chi connectivity index (χ4v) is 1.61. The summed E-state index contributed by atoms with van der Waals surface area (Å²) in [6.45, 7) is 2.98. The number of rotatable bonds is 12. The van der Waals surface area contributed by atoms with Crippen LogP contribution in [0.3, 0.4) is 0 Å². The number of unbranched alkanes of at least 4 members (excludes halogenated alkanes) is 7. The minimum atomic E-state index is -1.50. The summed E-state index contributed by atoms with van der Waals surface area (Å²) in [7, 11) is 0. The Morgan fingerprint density at radius 2 is 1.29 bits per heavy atom. The van der Waals surface area contributed by atoms with Crippen molar-refractivity contribution in [3.8, 4) is 0 Å². The summed E-state index contributed by atoms with van der Waals surface area (Å²) in [6, 6.07) is 0. The molecule has 0 aromatic carbocycles.